The molecule has 0 saturated heterocycles. The highest BCUT2D eigenvalue weighted by Crippen LogP contribution is 2.20. The van der Waals surface area contributed by atoms with Crippen LogP contribution in [0.4, 0.5) is 0 Å². The zero-order chi connectivity index (χ0) is 33.1. The van der Waals surface area contributed by atoms with Crippen molar-refractivity contribution in [3.63, 3.8) is 0 Å². The average Bonchev–Trinajstić information content (AvgIpc) is 3.07. The molecule has 0 saturated carbocycles. The van der Waals surface area contributed by atoms with Crippen LogP contribution < -0.4 is 0 Å². The number of nitrogens with zero attached hydrogens (tertiary/aromatic N) is 1. The molecule has 0 aromatic heterocycles. The molecular weight excluding hydrogens is 555 g/mol. The third-order valence-corrected chi connectivity index (χ3v) is 10.6. The van der Waals surface area contributed by atoms with Crippen molar-refractivity contribution >= 4 is 6.08 Å². The summed E-state index contributed by atoms with van der Waals surface area (Å²) in [5.74, 6) is 0. The number of rotatable bonds is 36. The monoisotopic (exact) mass is 639 g/mol. The Morgan fingerprint density at radius 2 is 0.652 bits per heavy atom. The topological polar surface area (TPSA) is 0 Å². The highest BCUT2D eigenvalue weighted by atomic mass is 15.3. The van der Waals surface area contributed by atoms with Gasteiger partial charge in [0.25, 0.3) is 0 Å². The highest BCUT2D eigenvalue weighted by Gasteiger charge is 2.25. The van der Waals surface area contributed by atoms with Gasteiger partial charge < -0.3 is 4.48 Å². The van der Waals surface area contributed by atoms with Gasteiger partial charge in [0.15, 0.2) is 0 Å². The minimum Gasteiger partial charge on any atom is -0.320 e. The largest absolute Gasteiger partial charge is 0.320 e. The lowest BCUT2D eigenvalue weighted by molar-refractivity contribution is -0.923. The van der Waals surface area contributed by atoms with Crippen LogP contribution in [0.15, 0.2) is 36.4 Å². The number of quaternary nitrogens is 1. The lowest BCUT2D eigenvalue weighted by Gasteiger charge is -2.39. The molecule has 0 aliphatic carbocycles. The standard InChI is InChI=1S/C45H84N/c1-4-7-10-13-16-19-22-25-28-34-41-46(44-37-40-45-38-32-31-33-39-45,42-35-29-26-23-20-17-14-11-8-5-2)43-36-30-27-24-21-18-15-12-9-6-3/h31-33,37-40H,4-30,34-36,41-44H2,1-3H3/q+1/b40-37+. The maximum absolute atomic E-state index is 2.54. The molecule has 0 radical (unpaired) electrons. The minimum absolute atomic E-state index is 1.22. The number of hydrogen-bond donors (Lipinski definition) is 0. The van der Waals surface area contributed by atoms with Crippen molar-refractivity contribution in [2.24, 2.45) is 0 Å². The van der Waals surface area contributed by atoms with Crippen LogP contribution in [0.3, 0.4) is 0 Å². The molecule has 0 heterocycles. The first-order valence-corrected chi connectivity index (χ1v) is 21.3. The molecule has 1 rings (SSSR count). The van der Waals surface area contributed by atoms with E-state index in [1.54, 1.807) is 0 Å². The van der Waals surface area contributed by atoms with Gasteiger partial charge in [-0.2, -0.15) is 0 Å². The Bertz CT molecular complexity index is 677. The van der Waals surface area contributed by atoms with Gasteiger partial charge in [0, 0.05) is 0 Å². The summed E-state index contributed by atoms with van der Waals surface area (Å²) in [7, 11) is 0. The van der Waals surface area contributed by atoms with Gasteiger partial charge in [-0.1, -0.05) is 211 Å². The van der Waals surface area contributed by atoms with Gasteiger partial charge >= 0.3 is 0 Å². The summed E-state index contributed by atoms with van der Waals surface area (Å²) >= 11 is 0. The predicted octanol–water partition coefficient (Wildman–Crippen LogP) is 15.3. The molecule has 0 amide bonds. The van der Waals surface area contributed by atoms with Crippen molar-refractivity contribution < 1.29 is 4.48 Å². The van der Waals surface area contributed by atoms with Crippen LogP contribution in [0, 0.1) is 0 Å². The summed E-state index contributed by atoms with van der Waals surface area (Å²) in [6.07, 6.45) is 48.1. The van der Waals surface area contributed by atoms with Crippen molar-refractivity contribution in [2.45, 2.75) is 213 Å². The predicted molar refractivity (Wildman–Crippen MR) is 211 cm³/mol. The summed E-state index contributed by atoms with van der Waals surface area (Å²) in [5, 5.41) is 0. The Hall–Kier alpha value is -1.08. The number of hydrogen-bond acceptors (Lipinski definition) is 0. The molecule has 0 unspecified atom stereocenters. The molecule has 0 atom stereocenters. The molecule has 0 bridgehead atoms. The molecule has 46 heavy (non-hydrogen) atoms. The van der Waals surface area contributed by atoms with Gasteiger partial charge in [-0.25, -0.2) is 0 Å². The molecule has 1 heteroatoms. The van der Waals surface area contributed by atoms with Crippen molar-refractivity contribution in [3.8, 4) is 0 Å². The second-order valence-corrected chi connectivity index (χ2v) is 15.1. The second kappa shape index (κ2) is 33.8. The second-order valence-electron chi connectivity index (χ2n) is 15.1. The van der Waals surface area contributed by atoms with E-state index in [4.69, 9.17) is 0 Å². The SMILES string of the molecule is CCCCCCCCCCCC[N+](C/C=C/c1ccccc1)(CCCCCCCCCCCC)CCCCCCCCCCCC. The van der Waals surface area contributed by atoms with Crippen LogP contribution in [0.25, 0.3) is 6.08 Å². The maximum Gasteiger partial charge on any atom is 0.0977 e. The Kier molecular flexibility index (Phi) is 31.6. The van der Waals surface area contributed by atoms with Crippen LogP contribution in [0.1, 0.15) is 219 Å². The van der Waals surface area contributed by atoms with Crippen LogP contribution in [0.2, 0.25) is 0 Å². The molecule has 0 fully saturated rings. The first-order chi connectivity index (χ1) is 22.8. The Morgan fingerprint density at radius 1 is 0.370 bits per heavy atom. The molecule has 0 aliphatic rings. The van der Waals surface area contributed by atoms with Gasteiger partial charge in [-0.15, -0.1) is 0 Å². The molecular formula is C45H84N+. The quantitative estimate of drug-likeness (QED) is 0.0507. The smallest absolute Gasteiger partial charge is 0.0977 e. The Labute approximate surface area is 291 Å². The fraction of sp³-hybridized carbons (Fsp3) is 0.822. The first kappa shape index (κ1) is 42.9. The highest BCUT2D eigenvalue weighted by molar-refractivity contribution is 5.48. The van der Waals surface area contributed by atoms with Crippen molar-refractivity contribution in [1.29, 1.82) is 0 Å². The van der Waals surface area contributed by atoms with E-state index in [0.29, 0.717) is 0 Å². The lowest BCUT2D eigenvalue weighted by Crippen LogP contribution is -2.50. The van der Waals surface area contributed by atoms with E-state index in [-0.39, 0.29) is 0 Å². The molecule has 0 spiro atoms. The van der Waals surface area contributed by atoms with E-state index in [2.05, 4.69) is 63.3 Å². The Balaban J connectivity index is 2.64. The van der Waals surface area contributed by atoms with Crippen LogP contribution in [-0.4, -0.2) is 30.7 Å². The van der Waals surface area contributed by atoms with Crippen LogP contribution >= 0.6 is 0 Å². The third kappa shape index (κ3) is 26.9. The van der Waals surface area contributed by atoms with Crippen LogP contribution in [-0.2, 0) is 0 Å². The normalized spacial score (nSPS) is 12.1. The Morgan fingerprint density at radius 3 is 0.957 bits per heavy atom. The third-order valence-electron chi connectivity index (χ3n) is 10.6. The summed E-state index contributed by atoms with van der Waals surface area (Å²) in [4.78, 5) is 0. The zero-order valence-corrected chi connectivity index (χ0v) is 32.0. The molecule has 1 aromatic rings. The van der Waals surface area contributed by atoms with E-state index >= 15 is 0 Å². The van der Waals surface area contributed by atoms with Gasteiger partial charge in [-0.05, 0) is 50.2 Å². The fourth-order valence-electron chi connectivity index (χ4n) is 7.39. The fourth-order valence-corrected chi connectivity index (χ4v) is 7.39. The van der Waals surface area contributed by atoms with E-state index in [9.17, 15) is 0 Å². The summed E-state index contributed by atoms with van der Waals surface area (Å²) < 4.78 is 1.34. The number of benzene rings is 1. The summed E-state index contributed by atoms with van der Waals surface area (Å²) in [5.41, 5.74) is 1.36. The summed E-state index contributed by atoms with van der Waals surface area (Å²) in [6.45, 7) is 12.4. The van der Waals surface area contributed by atoms with Crippen molar-refractivity contribution in [3.05, 3.63) is 42.0 Å². The van der Waals surface area contributed by atoms with Crippen molar-refractivity contribution in [2.75, 3.05) is 26.2 Å². The lowest BCUT2D eigenvalue weighted by atomic mass is 10.0. The zero-order valence-electron chi connectivity index (χ0n) is 32.0. The van der Waals surface area contributed by atoms with Gasteiger partial charge in [0.2, 0.25) is 0 Å². The molecule has 0 N–H and O–H groups in total. The minimum atomic E-state index is 1.22. The van der Waals surface area contributed by atoms with E-state index in [1.807, 2.05) is 0 Å². The first-order valence-electron chi connectivity index (χ1n) is 21.3. The van der Waals surface area contributed by atoms with Gasteiger partial charge in [0.05, 0.1) is 26.2 Å². The molecule has 0 aliphatic heterocycles. The van der Waals surface area contributed by atoms with E-state index in [1.165, 1.54) is 229 Å². The van der Waals surface area contributed by atoms with E-state index < -0.39 is 0 Å². The van der Waals surface area contributed by atoms with Crippen molar-refractivity contribution in [1.82, 2.24) is 0 Å². The number of unbranched alkanes of at least 4 members (excludes halogenated alkanes) is 27. The molecule has 1 nitrogen and oxygen atoms in total. The summed E-state index contributed by atoms with van der Waals surface area (Å²) in [6, 6.07) is 11.0. The van der Waals surface area contributed by atoms with E-state index in [0.717, 1.165) is 0 Å². The van der Waals surface area contributed by atoms with Crippen LogP contribution in [0.5, 0.6) is 0 Å². The van der Waals surface area contributed by atoms with Gasteiger partial charge in [-0.3, -0.25) is 0 Å². The van der Waals surface area contributed by atoms with Gasteiger partial charge in [0.1, 0.15) is 0 Å². The molecule has 1 aromatic carbocycles. The maximum atomic E-state index is 2.54. The molecule has 268 valence electrons. The average molecular weight is 639 g/mol.